The summed E-state index contributed by atoms with van der Waals surface area (Å²) in [5.41, 5.74) is -0.126. The van der Waals surface area contributed by atoms with Gasteiger partial charge in [0, 0.05) is 30.7 Å². The number of hydrogen-bond donors (Lipinski definition) is 4. The summed E-state index contributed by atoms with van der Waals surface area (Å²) in [6, 6.07) is 0. The lowest BCUT2D eigenvalue weighted by molar-refractivity contribution is -0.121. The summed E-state index contributed by atoms with van der Waals surface area (Å²) in [7, 11) is 0. The van der Waals surface area contributed by atoms with Crippen LogP contribution in [0.15, 0.2) is 4.99 Å². The van der Waals surface area contributed by atoms with E-state index in [1.54, 1.807) is 0 Å². The fourth-order valence-electron chi connectivity index (χ4n) is 1.57. The fraction of sp³-hybridized carbons (Fsp3) is 0.867. The van der Waals surface area contributed by atoms with Crippen LogP contribution < -0.4 is 21.3 Å². The number of carbonyl (C=O) groups excluding carboxylic acids is 1. The zero-order valence-corrected chi connectivity index (χ0v) is 17.4. The molecule has 0 aliphatic carbocycles. The van der Waals surface area contributed by atoms with Gasteiger partial charge in [0.15, 0.2) is 5.96 Å². The molecule has 0 rings (SSSR count). The van der Waals surface area contributed by atoms with Gasteiger partial charge in [-0.05, 0) is 48.5 Å². The highest BCUT2D eigenvalue weighted by Crippen LogP contribution is 1.98. The van der Waals surface area contributed by atoms with Crippen molar-refractivity contribution < 1.29 is 4.79 Å². The van der Waals surface area contributed by atoms with Crippen LogP contribution in [0.5, 0.6) is 0 Å². The minimum atomic E-state index is -0.227. The highest BCUT2D eigenvalue weighted by atomic mass is 127. The summed E-state index contributed by atoms with van der Waals surface area (Å²) in [6.07, 6.45) is 0. The second-order valence-electron chi connectivity index (χ2n) is 7.10. The van der Waals surface area contributed by atoms with Crippen molar-refractivity contribution in [3.05, 3.63) is 0 Å². The van der Waals surface area contributed by atoms with E-state index in [9.17, 15) is 4.79 Å². The largest absolute Gasteiger partial charge is 0.357 e. The molecule has 0 aromatic rings. The molecule has 6 nitrogen and oxygen atoms in total. The molecule has 0 radical (unpaired) electrons. The predicted molar refractivity (Wildman–Crippen MR) is 105 cm³/mol. The first-order valence-corrected chi connectivity index (χ1v) is 7.62. The van der Waals surface area contributed by atoms with Gasteiger partial charge in [0.25, 0.3) is 0 Å². The molecule has 4 N–H and O–H groups in total. The number of aliphatic imine (C=N–C) groups is 1. The third-order valence-electron chi connectivity index (χ3n) is 2.31. The van der Waals surface area contributed by atoms with E-state index in [-0.39, 0.29) is 47.5 Å². The van der Waals surface area contributed by atoms with E-state index < -0.39 is 0 Å². The molecule has 0 bridgehead atoms. The quantitative estimate of drug-likeness (QED) is 0.224. The molecule has 0 aromatic heterocycles. The smallest absolute Gasteiger partial charge is 0.242 e. The van der Waals surface area contributed by atoms with Gasteiger partial charge in [-0.3, -0.25) is 4.79 Å². The SMILES string of the molecule is CCNC(=NCC(=O)NC(C)(C)C)NCCNC(C)(C)C.I. The highest BCUT2D eigenvalue weighted by molar-refractivity contribution is 14.0. The lowest BCUT2D eigenvalue weighted by atomic mass is 10.1. The highest BCUT2D eigenvalue weighted by Gasteiger charge is 2.13. The summed E-state index contributed by atoms with van der Waals surface area (Å²) >= 11 is 0. The van der Waals surface area contributed by atoms with Crippen LogP contribution in [-0.4, -0.2) is 49.1 Å². The molecule has 22 heavy (non-hydrogen) atoms. The normalized spacial score (nSPS) is 12.4. The van der Waals surface area contributed by atoms with Gasteiger partial charge in [-0.25, -0.2) is 4.99 Å². The molecule has 0 fully saturated rings. The molecule has 0 saturated heterocycles. The number of guanidine groups is 1. The molecule has 0 saturated carbocycles. The van der Waals surface area contributed by atoms with Crippen molar-refractivity contribution in [3.63, 3.8) is 0 Å². The van der Waals surface area contributed by atoms with Gasteiger partial charge in [-0.1, -0.05) is 0 Å². The zero-order valence-electron chi connectivity index (χ0n) is 15.1. The Hall–Kier alpha value is -0.570. The number of hydrogen-bond acceptors (Lipinski definition) is 3. The van der Waals surface area contributed by atoms with Crippen LogP contribution in [0.25, 0.3) is 0 Å². The molecule has 0 spiro atoms. The molecule has 0 aliphatic rings. The van der Waals surface area contributed by atoms with E-state index in [2.05, 4.69) is 47.0 Å². The van der Waals surface area contributed by atoms with E-state index in [1.165, 1.54) is 0 Å². The van der Waals surface area contributed by atoms with Crippen LogP contribution in [0.1, 0.15) is 48.5 Å². The van der Waals surface area contributed by atoms with Crippen molar-refractivity contribution in [2.45, 2.75) is 59.5 Å². The minimum absolute atomic E-state index is 0. The first-order valence-electron chi connectivity index (χ1n) is 7.62. The molecule has 0 aromatic carbocycles. The van der Waals surface area contributed by atoms with Crippen molar-refractivity contribution in [2.24, 2.45) is 4.99 Å². The second kappa shape index (κ2) is 11.0. The number of carbonyl (C=O) groups is 1. The van der Waals surface area contributed by atoms with Crippen LogP contribution in [-0.2, 0) is 4.79 Å². The third-order valence-corrected chi connectivity index (χ3v) is 2.31. The zero-order chi connectivity index (χ0) is 16.5. The molecule has 0 atom stereocenters. The lowest BCUT2D eigenvalue weighted by Crippen LogP contribution is -2.45. The van der Waals surface area contributed by atoms with Crippen LogP contribution in [0.4, 0.5) is 0 Å². The summed E-state index contributed by atoms with van der Waals surface area (Å²) in [4.78, 5) is 16.0. The van der Waals surface area contributed by atoms with Gasteiger partial charge in [-0.15, -0.1) is 24.0 Å². The maximum absolute atomic E-state index is 11.7. The minimum Gasteiger partial charge on any atom is -0.357 e. The summed E-state index contributed by atoms with van der Waals surface area (Å²) < 4.78 is 0. The molecule has 0 unspecified atom stereocenters. The standard InChI is InChI=1S/C15H33N5O.HI/c1-8-16-13(17-9-10-19-14(2,3)4)18-11-12(21)20-15(5,6)7;/h19H,8-11H2,1-7H3,(H,20,21)(H2,16,17,18);1H. The lowest BCUT2D eigenvalue weighted by Gasteiger charge is -2.21. The number of nitrogens with zero attached hydrogens (tertiary/aromatic N) is 1. The van der Waals surface area contributed by atoms with Crippen molar-refractivity contribution in [1.29, 1.82) is 0 Å². The van der Waals surface area contributed by atoms with Crippen molar-refractivity contribution >= 4 is 35.8 Å². The van der Waals surface area contributed by atoms with Gasteiger partial charge in [0.1, 0.15) is 6.54 Å². The monoisotopic (exact) mass is 427 g/mol. The third kappa shape index (κ3) is 15.8. The predicted octanol–water partition coefficient (Wildman–Crippen LogP) is 1.46. The maximum Gasteiger partial charge on any atom is 0.242 e. The van der Waals surface area contributed by atoms with E-state index >= 15 is 0 Å². The van der Waals surface area contributed by atoms with E-state index in [1.807, 2.05) is 27.7 Å². The number of rotatable bonds is 6. The molecular formula is C15H34IN5O. The van der Waals surface area contributed by atoms with Crippen LogP contribution >= 0.6 is 24.0 Å². The van der Waals surface area contributed by atoms with Crippen LogP contribution in [0, 0.1) is 0 Å². The van der Waals surface area contributed by atoms with Crippen LogP contribution in [0.3, 0.4) is 0 Å². The summed E-state index contributed by atoms with van der Waals surface area (Å²) in [5, 5.41) is 12.6. The average molecular weight is 427 g/mol. The molecule has 0 heterocycles. The first-order chi connectivity index (χ1) is 9.53. The number of halogens is 1. The van der Waals surface area contributed by atoms with Crippen molar-refractivity contribution in [3.8, 4) is 0 Å². The Bertz CT molecular complexity index is 345. The van der Waals surface area contributed by atoms with Crippen LogP contribution in [0.2, 0.25) is 0 Å². The van der Waals surface area contributed by atoms with E-state index in [0.717, 1.165) is 19.6 Å². The Morgan fingerprint density at radius 2 is 1.55 bits per heavy atom. The van der Waals surface area contributed by atoms with Crippen molar-refractivity contribution in [2.75, 3.05) is 26.2 Å². The Morgan fingerprint density at radius 1 is 0.955 bits per heavy atom. The number of amides is 1. The molecule has 0 aliphatic heterocycles. The number of nitrogens with one attached hydrogen (secondary N) is 4. The maximum atomic E-state index is 11.7. The molecular weight excluding hydrogens is 393 g/mol. The first kappa shape index (κ1) is 23.7. The van der Waals surface area contributed by atoms with Gasteiger partial charge in [0.2, 0.25) is 5.91 Å². The van der Waals surface area contributed by atoms with Gasteiger partial charge >= 0.3 is 0 Å². The van der Waals surface area contributed by atoms with Gasteiger partial charge in [0.05, 0.1) is 0 Å². The Balaban J connectivity index is 0. The van der Waals surface area contributed by atoms with E-state index in [0.29, 0.717) is 5.96 Å². The molecule has 1 amide bonds. The van der Waals surface area contributed by atoms with Gasteiger partial charge < -0.3 is 21.3 Å². The van der Waals surface area contributed by atoms with Gasteiger partial charge in [-0.2, -0.15) is 0 Å². The average Bonchev–Trinajstić information content (AvgIpc) is 2.27. The fourth-order valence-corrected chi connectivity index (χ4v) is 1.57. The Labute approximate surface area is 152 Å². The molecule has 7 heteroatoms. The van der Waals surface area contributed by atoms with Crippen molar-refractivity contribution in [1.82, 2.24) is 21.3 Å². The second-order valence-corrected chi connectivity index (χ2v) is 7.10. The summed E-state index contributed by atoms with van der Waals surface area (Å²) in [6.45, 7) is 16.7. The Morgan fingerprint density at radius 3 is 2.00 bits per heavy atom. The molecule has 132 valence electrons. The Kier molecular flexibility index (Phi) is 11.9. The van der Waals surface area contributed by atoms with E-state index in [4.69, 9.17) is 0 Å². The topological polar surface area (TPSA) is 77.5 Å². The summed E-state index contributed by atoms with van der Waals surface area (Å²) in [5.74, 6) is 0.588.